The minimum absolute atomic E-state index is 0.495. The summed E-state index contributed by atoms with van der Waals surface area (Å²) in [5.74, 6) is 0.960. The van der Waals surface area contributed by atoms with Gasteiger partial charge in [-0.3, -0.25) is 4.90 Å². The Morgan fingerprint density at radius 1 is 1.32 bits per heavy atom. The molecule has 1 aliphatic rings. The molecular formula is C16H25NO2. The molecule has 19 heavy (non-hydrogen) atoms. The number of methoxy groups -OCH3 is 1. The van der Waals surface area contributed by atoms with Gasteiger partial charge in [-0.2, -0.15) is 0 Å². The van der Waals surface area contributed by atoms with Crippen LogP contribution in [0.3, 0.4) is 0 Å². The van der Waals surface area contributed by atoms with E-state index in [0.717, 1.165) is 44.6 Å². The first-order valence-electron chi connectivity index (χ1n) is 7.08. The van der Waals surface area contributed by atoms with Gasteiger partial charge in [-0.05, 0) is 45.7 Å². The molecule has 1 heterocycles. The average Bonchev–Trinajstić information content (AvgIpc) is 2.51. The molecule has 0 aromatic heterocycles. The van der Waals surface area contributed by atoms with Gasteiger partial charge in [0.25, 0.3) is 0 Å². The predicted molar refractivity (Wildman–Crippen MR) is 77.5 cm³/mol. The molecule has 1 unspecified atom stereocenters. The Hall–Kier alpha value is -1.06. The van der Waals surface area contributed by atoms with Crippen molar-refractivity contribution in [2.24, 2.45) is 0 Å². The molecule has 0 bridgehead atoms. The zero-order valence-electron chi connectivity index (χ0n) is 12.3. The number of rotatable bonds is 3. The maximum absolute atomic E-state index is 10.1. The third-order valence-corrected chi connectivity index (χ3v) is 3.99. The molecule has 0 saturated carbocycles. The predicted octanol–water partition coefficient (Wildman–Crippen LogP) is 2.74. The van der Waals surface area contributed by atoms with Crippen LogP contribution in [-0.4, -0.2) is 35.8 Å². The van der Waals surface area contributed by atoms with E-state index in [0.29, 0.717) is 0 Å². The minimum Gasteiger partial charge on any atom is -0.496 e. The molecule has 1 N–H and O–H groups in total. The van der Waals surface area contributed by atoms with Crippen LogP contribution in [0, 0.1) is 6.92 Å². The van der Waals surface area contributed by atoms with E-state index < -0.39 is 5.60 Å². The van der Waals surface area contributed by atoms with E-state index in [1.165, 1.54) is 11.1 Å². The molecule has 0 radical (unpaired) electrons. The van der Waals surface area contributed by atoms with Crippen LogP contribution in [0.2, 0.25) is 0 Å². The van der Waals surface area contributed by atoms with Crippen LogP contribution in [0.15, 0.2) is 18.2 Å². The summed E-state index contributed by atoms with van der Waals surface area (Å²) in [6, 6.07) is 6.32. The number of ether oxygens (including phenoxy) is 1. The molecule has 106 valence electrons. The molecule has 1 fully saturated rings. The first-order chi connectivity index (χ1) is 9.00. The lowest BCUT2D eigenvalue weighted by atomic mass is 9.98. The fourth-order valence-electron chi connectivity index (χ4n) is 2.75. The van der Waals surface area contributed by atoms with E-state index in [1.54, 1.807) is 7.11 Å². The highest BCUT2D eigenvalue weighted by Crippen LogP contribution is 2.25. The Bertz CT molecular complexity index is 429. The van der Waals surface area contributed by atoms with Gasteiger partial charge >= 0.3 is 0 Å². The lowest BCUT2D eigenvalue weighted by Gasteiger charge is -2.23. The third-order valence-electron chi connectivity index (χ3n) is 3.99. The summed E-state index contributed by atoms with van der Waals surface area (Å²) in [5.41, 5.74) is 2.01. The number of hydrogen-bond acceptors (Lipinski definition) is 3. The summed E-state index contributed by atoms with van der Waals surface area (Å²) in [6.45, 7) is 6.96. The fraction of sp³-hybridized carbons (Fsp3) is 0.625. The molecule has 1 atom stereocenters. The zero-order chi connectivity index (χ0) is 13.9. The number of aryl methyl sites for hydroxylation is 1. The highest BCUT2D eigenvalue weighted by Gasteiger charge is 2.25. The molecular weight excluding hydrogens is 238 g/mol. The Kier molecular flexibility index (Phi) is 4.48. The van der Waals surface area contributed by atoms with Crippen molar-refractivity contribution in [3.8, 4) is 5.75 Å². The second kappa shape index (κ2) is 5.93. The zero-order valence-corrected chi connectivity index (χ0v) is 12.3. The number of aliphatic hydroxyl groups is 1. The van der Waals surface area contributed by atoms with Crippen LogP contribution in [0.4, 0.5) is 0 Å². The van der Waals surface area contributed by atoms with E-state index >= 15 is 0 Å². The highest BCUT2D eigenvalue weighted by atomic mass is 16.5. The van der Waals surface area contributed by atoms with Crippen molar-refractivity contribution >= 4 is 0 Å². The van der Waals surface area contributed by atoms with Crippen LogP contribution in [0.1, 0.15) is 37.3 Å². The summed E-state index contributed by atoms with van der Waals surface area (Å²) in [6.07, 6.45) is 2.80. The van der Waals surface area contributed by atoms with Crippen LogP contribution in [0.5, 0.6) is 5.75 Å². The molecule has 0 spiro atoms. The van der Waals surface area contributed by atoms with E-state index in [4.69, 9.17) is 4.74 Å². The molecule has 3 nitrogen and oxygen atoms in total. The first-order valence-corrected chi connectivity index (χ1v) is 7.08. The van der Waals surface area contributed by atoms with Gasteiger partial charge in [0.1, 0.15) is 5.75 Å². The van der Waals surface area contributed by atoms with Crippen molar-refractivity contribution in [1.29, 1.82) is 0 Å². The van der Waals surface area contributed by atoms with Gasteiger partial charge in [0.15, 0.2) is 0 Å². The Morgan fingerprint density at radius 2 is 2.11 bits per heavy atom. The second-order valence-electron chi connectivity index (χ2n) is 5.94. The molecule has 0 aliphatic carbocycles. The average molecular weight is 263 g/mol. The van der Waals surface area contributed by atoms with Crippen molar-refractivity contribution in [3.63, 3.8) is 0 Å². The van der Waals surface area contributed by atoms with Crippen LogP contribution < -0.4 is 4.74 Å². The normalized spacial score (nSPS) is 25.1. The Balaban J connectivity index is 2.06. The maximum atomic E-state index is 10.1. The topological polar surface area (TPSA) is 32.7 Å². The van der Waals surface area contributed by atoms with Crippen LogP contribution >= 0.6 is 0 Å². The highest BCUT2D eigenvalue weighted by molar-refractivity contribution is 5.36. The van der Waals surface area contributed by atoms with Crippen molar-refractivity contribution in [1.82, 2.24) is 4.90 Å². The molecule has 0 amide bonds. The number of nitrogens with zero attached hydrogens (tertiary/aromatic N) is 1. The third kappa shape index (κ3) is 3.95. The number of likely N-dealkylation sites (tertiary alicyclic amines) is 1. The van der Waals surface area contributed by atoms with Gasteiger partial charge in [0, 0.05) is 18.7 Å². The smallest absolute Gasteiger partial charge is 0.123 e. The lowest BCUT2D eigenvalue weighted by molar-refractivity contribution is 0.0444. The summed E-state index contributed by atoms with van der Waals surface area (Å²) >= 11 is 0. The van der Waals surface area contributed by atoms with Crippen LogP contribution in [-0.2, 0) is 6.54 Å². The second-order valence-corrected chi connectivity index (χ2v) is 5.94. The minimum atomic E-state index is -0.495. The monoisotopic (exact) mass is 263 g/mol. The van der Waals surface area contributed by atoms with Gasteiger partial charge in [0.2, 0.25) is 0 Å². The van der Waals surface area contributed by atoms with Crippen molar-refractivity contribution < 1.29 is 9.84 Å². The number of benzene rings is 1. The van der Waals surface area contributed by atoms with E-state index in [9.17, 15) is 5.11 Å². The van der Waals surface area contributed by atoms with Gasteiger partial charge in [-0.15, -0.1) is 0 Å². The van der Waals surface area contributed by atoms with Crippen molar-refractivity contribution in [2.45, 2.75) is 45.3 Å². The summed E-state index contributed by atoms with van der Waals surface area (Å²) < 4.78 is 5.44. The van der Waals surface area contributed by atoms with E-state index in [2.05, 4.69) is 24.0 Å². The van der Waals surface area contributed by atoms with Gasteiger partial charge in [0.05, 0.1) is 12.7 Å². The molecule has 1 saturated heterocycles. The van der Waals surface area contributed by atoms with Gasteiger partial charge in [-0.1, -0.05) is 17.7 Å². The standard InChI is InChI=1S/C16H25NO2/c1-13-5-6-15(19-3)14(11-13)12-17-9-4-7-16(2,18)8-10-17/h5-6,11,18H,4,7-10,12H2,1-3H3. The summed E-state index contributed by atoms with van der Waals surface area (Å²) in [7, 11) is 1.72. The SMILES string of the molecule is COc1ccc(C)cc1CN1CCCC(C)(O)CC1. The summed E-state index contributed by atoms with van der Waals surface area (Å²) in [4.78, 5) is 2.42. The maximum Gasteiger partial charge on any atom is 0.123 e. The largest absolute Gasteiger partial charge is 0.496 e. The van der Waals surface area contributed by atoms with E-state index in [-0.39, 0.29) is 0 Å². The van der Waals surface area contributed by atoms with Gasteiger partial charge in [-0.25, -0.2) is 0 Å². The Labute approximate surface area is 116 Å². The molecule has 1 aromatic rings. The lowest BCUT2D eigenvalue weighted by Crippen LogP contribution is -2.28. The summed E-state index contributed by atoms with van der Waals surface area (Å²) in [5, 5.41) is 10.1. The number of hydrogen-bond donors (Lipinski definition) is 1. The van der Waals surface area contributed by atoms with Crippen molar-refractivity contribution in [2.75, 3.05) is 20.2 Å². The van der Waals surface area contributed by atoms with Gasteiger partial charge < -0.3 is 9.84 Å². The van der Waals surface area contributed by atoms with Crippen molar-refractivity contribution in [3.05, 3.63) is 29.3 Å². The molecule has 3 heteroatoms. The first kappa shape index (κ1) is 14.4. The molecule has 1 aliphatic heterocycles. The fourth-order valence-corrected chi connectivity index (χ4v) is 2.75. The quantitative estimate of drug-likeness (QED) is 0.910. The Morgan fingerprint density at radius 3 is 2.84 bits per heavy atom. The molecule has 2 rings (SSSR count). The molecule has 1 aromatic carbocycles. The van der Waals surface area contributed by atoms with Crippen LogP contribution in [0.25, 0.3) is 0 Å². The van der Waals surface area contributed by atoms with E-state index in [1.807, 2.05) is 13.0 Å².